The zero-order valence-corrected chi connectivity index (χ0v) is 21.6. The lowest BCUT2D eigenvalue weighted by molar-refractivity contribution is 0.0950. The van der Waals surface area contributed by atoms with Crippen LogP contribution >= 0.6 is 15.9 Å². The number of halogens is 1. The summed E-state index contributed by atoms with van der Waals surface area (Å²) in [5, 5.41) is 3.01. The summed E-state index contributed by atoms with van der Waals surface area (Å²) in [7, 11) is 0. The highest BCUT2D eigenvalue weighted by atomic mass is 79.9. The maximum Gasteiger partial charge on any atom is 0.253 e. The number of amides is 1. The predicted octanol–water partition coefficient (Wildman–Crippen LogP) is 6.32. The van der Waals surface area contributed by atoms with Crippen LogP contribution in [0.3, 0.4) is 0 Å². The number of aromatic nitrogens is 2. The van der Waals surface area contributed by atoms with E-state index in [1.165, 1.54) is 37.8 Å². The van der Waals surface area contributed by atoms with E-state index in [1.54, 1.807) is 0 Å². The van der Waals surface area contributed by atoms with Crippen LogP contribution in [0.25, 0.3) is 5.52 Å². The fourth-order valence-corrected chi connectivity index (χ4v) is 6.12. The zero-order chi connectivity index (χ0) is 23.7. The van der Waals surface area contributed by atoms with Crippen LogP contribution in [0.15, 0.2) is 33.7 Å². The molecule has 0 radical (unpaired) electrons. The highest BCUT2D eigenvalue weighted by Gasteiger charge is 2.29. The molecule has 1 amide bonds. The fourth-order valence-electron chi connectivity index (χ4n) is 5.68. The number of nitrogens with zero attached hydrogens (tertiary/aromatic N) is 1. The first kappa shape index (κ1) is 23.8. The summed E-state index contributed by atoms with van der Waals surface area (Å²) in [5.41, 5.74) is 6.18. The van der Waals surface area contributed by atoms with Crippen molar-refractivity contribution in [3.8, 4) is 0 Å². The zero-order valence-electron chi connectivity index (χ0n) is 20.1. The van der Waals surface area contributed by atoms with Crippen LogP contribution < -0.4 is 10.9 Å². The largest absolute Gasteiger partial charge is 0.348 e. The first-order chi connectivity index (χ1) is 15.8. The lowest BCUT2D eigenvalue weighted by Crippen LogP contribution is -2.29. The summed E-state index contributed by atoms with van der Waals surface area (Å²) in [6.45, 7) is 8.33. The Morgan fingerprint density at radius 1 is 1.18 bits per heavy atom. The third-order valence-corrected chi connectivity index (χ3v) is 7.76. The van der Waals surface area contributed by atoms with Gasteiger partial charge in [-0.15, -0.1) is 0 Å². The van der Waals surface area contributed by atoms with Crippen molar-refractivity contribution >= 4 is 27.4 Å². The van der Waals surface area contributed by atoms with E-state index in [0.29, 0.717) is 23.0 Å². The minimum Gasteiger partial charge on any atom is -0.348 e. The van der Waals surface area contributed by atoms with Gasteiger partial charge in [0.2, 0.25) is 0 Å². The van der Waals surface area contributed by atoms with Crippen molar-refractivity contribution in [2.45, 2.75) is 78.7 Å². The van der Waals surface area contributed by atoms with Gasteiger partial charge in [0.25, 0.3) is 11.5 Å². The highest BCUT2D eigenvalue weighted by molar-refractivity contribution is 9.10. The highest BCUT2D eigenvalue weighted by Crippen LogP contribution is 2.40. The Labute approximate surface area is 204 Å². The lowest BCUT2D eigenvalue weighted by Gasteiger charge is -2.32. The molecule has 0 bridgehead atoms. The number of carbonyl (C=O) groups excluding carboxylic acids is 1. The first-order valence-electron chi connectivity index (χ1n) is 12.1. The van der Waals surface area contributed by atoms with Crippen molar-refractivity contribution < 1.29 is 4.79 Å². The average Bonchev–Trinajstić information content (AvgIpc) is 3.15. The Hall–Kier alpha value is -2.34. The maximum atomic E-state index is 13.4. The standard InChI is InChI=1S/C27H34BrN3O2/c1-5-22(19-9-7-6-8-10-19)25-18(4)23(13-21-12-20(28)15-31(21)25)26(32)29-14-24-16(2)11-17(3)30-27(24)33/h11-13,15,19,22H,5-10,14H2,1-4H3,(H,29,32)(H,30,33). The van der Waals surface area contributed by atoms with Crippen LogP contribution in [0.1, 0.15) is 89.8 Å². The van der Waals surface area contributed by atoms with Gasteiger partial charge in [0.05, 0.1) is 0 Å². The van der Waals surface area contributed by atoms with E-state index >= 15 is 0 Å². The molecule has 3 aromatic rings. The van der Waals surface area contributed by atoms with Crippen molar-refractivity contribution in [1.29, 1.82) is 0 Å². The number of rotatable bonds is 6. The van der Waals surface area contributed by atoms with Gasteiger partial charge in [-0.1, -0.05) is 26.2 Å². The number of aryl methyl sites for hydroxylation is 2. The van der Waals surface area contributed by atoms with E-state index in [2.05, 4.69) is 56.7 Å². The minimum atomic E-state index is -0.139. The van der Waals surface area contributed by atoms with Gasteiger partial charge in [-0.3, -0.25) is 9.59 Å². The van der Waals surface area contributed by atoms with Crippen LogP contribution in [0.4, 0.5) is 0 Å². The summed E-state index contributed by atoms with van der Waals surface area (Å²) in [4.78, 5) is 28.6. The number of carbonyl (C=O) groups is 1. The molecule has 0 aliphatic heterocycles. The van der Waals surface area contributed by atoms with Crippen molar-refractivity contribution in [2.75, 3.05) is 0 Å². The Bertz CT molecular complexity index is 1230. The fraction of sp³-hybridized carbons (Fsp3) is 0.481. The molecule has 5 nitrogen and oxygen atoms in total. The smallest absolute Gasteiger partial charge is 0.253 e. The molecule has 1 fully saturated rings. The molecule has 4 rings (SSSR count). The van der Waals surface area contributed by atoms with Crippen molar-refractivity contribution in [3.63, 3.8) is 0 Å². The third kappa shape index (κ3) is 4.81. The molecule has 1 saturated carbocycles. The second-order valence-corrected chi connectivity index (χ2v) is 10.5. The first-order valence-corrected chi connectivity index (χ1v) is 12.9. The van der Waals surface area contributed by atoms with Gasteiger partial charge >= 0.3 is 0 Å². The van der Waals surface area contributed by atoms with Gasteiger partial charge in [0.15, 0.2) is 0 Å². The second kappa shape index (κ2) is 9.88. The maximum absolute atomic E-state index is 13.4. The van der Waals surface area contributed by atoms with E-state index in [9.17, 15) is 9.59 Å². The number of nitrogens with one attached hydrogen (secondary N) is 2. The average molecular weight is 512 g/mol. The van der Waals surface area contributed by atoms with Gasteiger partial charge in [0, 0.05) is 51.2 Å². The molecule has 1 aliphatic rings. The monoisotopic (exact) mass is 511 g/mol. The van der Waals surface area contributed by atoms with Crippen LogP contribution in [0, 0.1) is 26.7 Å². The molecule has 3 heterocycles. The van der Waals surface area contributed by atoms with Crippen molar-refractivity contribution in [3.05, 3.63) is 72.9 Å². The van der Waals surface area contributed by atoms with E-state index in [-0.39, 0.29) is 18.0 Å². The summed E-state index contributed by atoms with van der Waals surface area (Å²) in [5.74, 6) is 0.937. The lowest BCUT2D eigenvalue weighted by atomic mass is 9.76. The normalized spacial score (nSPS) is 15.7. The van der Waals surface area contributed by atoms with Crippen LogP contribution in [0.5, 0.6) is 0 Å². The number of fused-ring (bicyclic) bond motifs is 1. The van der Waals surface area contributed by atoms with Gasteiger partial charge in [0.1, 0.15) is 0 Å². The Balaban J connectivity index is 1.71. The molecule has 0 saturated heterocycles. The molecule has 33 heavy (non-hydrogen) atoms. The Kier molecular flexibility index (Phi) is 7.13. The van der Waals surface area contributed by atoms with Gasteiger partial charge < -0.3 is 14.7 Å². The molecule has 1 atom stereocenters. The summed E-state index contributed by atoms with van der Waals surface area (Å²) < 4.78 is 3.29. The summed E-state index contributed by atoms with van der Waals surface area (Å²) >= 11 is 3.64. The van der Waals surface area contributed by atoms with Crippen molar-refractivity contribution in [2.24, 2.45) is 5.92 Å². The SMILES string of the molecule is CCC(c1c(C)c(C(=O)NCc2c(C)cc(C)[nH]c2=O)cc2cc(Br)cn12)C1CCCCC1. The van der Waals surface area contributed by atoms with Gasteiger partial charge in [-0.05, 0) is 91.2 Å². The quantitative estimate of drug-likeness (QED) is 0.406. The minimum absolute atomic E-state index is 0.133. The number of pyridine rings is 2. The third-order valence-electron chi connectivity index (χ3n) is 7.33. The van der Waals surface area contributed by atoms with Crippen LogP contribution in [0.2, 0.25) is 0 Å². The van der Waals surface area contributed by atoms with Crippen molar-refractivity contribution in [1.82, 2.24) is 14.7 Å². The number of aromatic amines is 1. The molecule has 6 heteroatoms. The molecular formula is C27H34BrN3O2. The van der Waals surface area contributed by atoms with Gasteiger partial charge in [-0.2, -0.15) is 0 Å². The molecular weight excluding hydrogens is 478 g/mol. The molecule has 1 unspecified atom stereocenters. The topological polar surface area (TPSA) is 66.4 Å². The molecule has 0 aromatic carbocycles. The molecule has 176 valence electrons. The van der Waals surface area contributed by atoms with E-state index < -0.39 is 0 Å². The molecule has 0 spiro atoms. The number of hydrogen-bond donors (Lipinski definition) is 2. The number of H-pyrrole nitrogens is 1. The Morgan fingerprint density at radius 2 is 1.91 bits per heavy atom. The molecule has 1 aliphatic carbocycles. The Morgan fingerprint density at radius 3 is 2.58 bits per heavy atom. The molecule has 3 aromatic heterocycles. The van der Waals surface area contributed by atoms with E-state index in [0.717, 1.165) is 33.2 Å². The molecule has 2 N–H and O–H groups in total. The van der Waals surface area contributed by atoms with Gasteiger partial charge in [-0.25, -0.2) is 0 Å². The van der Waals surface area contributed by atoms with E-state index in [1.807, 2.05) is 26.0 Å². The second-order valence-electron chi connectivity index (χ2n) is 9.56. The van der Waals surface area contributed by atoms with E-state index in [4.69, 9.17) is 0 Å². The summed E-state index contributed by atoms with van der Waals surface area (Å²) in [6.07, 6.45) is 9.62. The summed E-state index contributed by atoms with van der Waals surface area (Å²) in [6, 6.07) is 5.98. The number of hydrogen-bond acceptors (Lipinski definition) is 2. The van der Waals surface area contributed by atoms with Crippen LogP contribution in [-0.2, 0) is 6.54 Å². The van der Waals surface area contributed by atoms with Crippen LogP contribution in [-0.4, -0.2) is 15.3 Å². The predicted molar refractivity (Wildman–Crippen MR) is 137 cm³/mol.